The van der Waals surface area contributed by atoms with Crippen LogP contribution in [0.5, 0.6) is 0 Å². The lowest BCUT2D eigenvalue weighted by molar-refractivity contribution is 0.638. The van der Waals surface area contributed by atoms with Gasteiger partial charge in [-0.1, -0.05) is 75.0 Å². The largest absolute Gasteiger partial charge is 0.354 e. The third kappa shape index (κ3) is 2.88. The molecule has 0 aliphatic carbocycles. The second-order valence-corrected chi connectivity index (χ2v) is 10.4. The summed E-state index contributed by atoms with van der Waals surface area (Å²) in [6.45, 7) is 10.9. The van der Waals surface area contributed by atoms with E-state index in [1.807, 2.05) is 6.08 Å². The number of H-pyrrole nitrogens is 2. The number of nitrogens with zero attached hydrogens (tertiary/aromatic N) is 1. The van der Waals surface area contributed by atoms with Gasteiger partial charge in [-0.05, 0) is 60.5 Å². The lowest BCUT2D eigenvalue weighted by Crippen LogP contribution is -2.32. The Balaban J connectivity index is 1.70. The molecule has 3 heterocycles. The highest BCUT2D eigenvalue weighted by Gasteiger charge is 2.40. The fourth-order valence-electron chi connectivity index (χ4n) is 6.43. The van der Waals surface area contributed by atoms with Gasteiger partial charge in [-0.3, -0.25) is 0 Å². The van der Waals surface area contributed by atoms with Crippen LogP contribution in [0.3, 0.4) is 0 Å². The van der Waals surface area contributed by atoms with Gasteiger partial charge in [0.25, 0.3) is 0 Å². The normalized spacial score (nSPS) is 15.2. The summed E-state index contributed by atoms with van der Waals surface area (Å²) in [6.07, 6.45) is 8.28. The summed E-state index contributed by atoms with van der Waals surface area (Å²) in [5.74, 6) is 0. The molecule has 3 nitrogen and oxygen atoms in total. The van der Waals surface area contributed by atoms with E-state index in [2.05, 4.69) is 133 Å². The Hall–Kier alpha value is -4.50. The summed E-state index contributed by atoms with van der Waals surface area (Å²) in [5, 5.41) is 5.06. The van der Waals surface area contributed by atoms with Crippen LogP contribution in [0.25, 0.3) is 43.6 Å². The van der Waals surface area contributed by atoms with Gasteiger partial charge >= 0.3 is 0 Å². The molecule has 0 unspecified atom stereocenters. The zero-order chi connectivity index (χ0) is 25.3. The lowest BCUT2D eigenvalue weighted by atomic mass is 9.71. The molecule has 1 aliphatic rings. The van der Waals surface area contributed by atoms with Gasteiger partial charge in [0.05, 0.1) is 11.4 Å². The average molecular weight is 480 g/mol. The number of anilines is 2. The number of para-hydroxylation sites is 2. The number of aromatic amines is 2. The van der Waals surface area contributed by atoms with Crippen LogP contribution in [-0.4, -0.2) is 9.97 Å². The molecule has 3 heteroatoms. The predicted molar refractivity (Wildman–Crippen MR) is 159 cm³/mol. The summed E-state index contributed by atoms with van der Waals surface area (Å²) < 4.78 is 0. The van der Waals surface area contributed by atoms with Gasteiger partial charge in [0, 0.05) is 54.7 Å². The van der Waals surface area contributed by atoms with E-state index in [1.54, 1.807) is 0 Å². The molecule has 0 amide bonds. The Labute approximate surface area is 216 Å². The molecular weight excluding hydrogens is 450 g/mol. The molecule has 0 spiro atoms. The van der Waals surface area contributed by atoms with E-state index in [4.69, 9.17) is 0 Å². The van der Waals surface area contributed by atoms with Gasteiger partial charge in [0.1, 0.15) is 0 Å². The summed E-state index contributed by atoms with van der Waals surface area (Å²) in [6, 6.07) is 26.3. The van der Waals surface area contributed by atoms with Crippen molar-refractivity contribution in [2.24, 2.45) is 0 Å². The molecule has 6 aromatic rings. The van der Waals surface area contributed by atoms with E-state index in [-0.39, 0.29) is 5.41 Å². The number of benzene rings is 4. The van der Waals surface area contributed by atoms with Crippen molar-refractivity contribution < 1.29 is 0 Å². The molecule has 0 radical (unpaired) electrons. The summed E-state index contributed by atoms with van der Waals surface area (Å²) in [5.41, 5.74) is 10.6. The monoisotopic (exact) mass is 479 g/mol. The summed E-state index contributed by atoms with van der Waals surface area (Å²) in [7, 11) is 0. The highest BCUT2D eigenvalue weighted by molar-refractivity contribution is 6.18. The van der Waals surface area contributed by atoms with E-state index in [0.717, 1.165) is 16.7 Å². The molecule has 7 rings (SSSR count). The minimum Gasteiger partial charge on any atom is -0.354 e. The van der Waals surface area contributed by atoms with Crippen molar-refractivity contribution in [3.8, 4) is 0 Å². The van der Waals surface area contributed by atoms with Crippen molar-refractivity contribution in [3.63, 3.8) is 0 Å². The fraction of sp³-hybridized carbons (Fsp3) is 0.118. The molecule has 180 valence electrons. The van der Waals surface area contributed by atoms with E-state index >= 15 is 0 Å². The third-order valence-electron chi connectivity index (χ3n) is 7.94. The Morgan fingerprint density at radius 3 is 2.08 bits per heavy atom. The Kier molecular flexibility index (Phi) is 4.56. The second-order valence-electron chi connectivity index (χ2n) is 10.4. The fourth-order valence-corrected chi connectivity index (χ4v) is 6.43. The molecule has 0 fully saturated rings. The van der Waals surface area contributed by atoms with Crippen molar-refractivity contribution in [3.05, 3.63) is 121 Å². The average Bonchev–Trinajstić information content (AvgIpc) is 3.47. The van der Waals surface area contributed by atoms with Crippen LogP contribution in [0.2, 0.25) is 0 Å². The molecule has 1 aliphatic heterocycles. The van der Waals surface area contributed by atoms with E-state index in [0.29, 0.717) is 0 Å². The first-order valence-corrected chi connectivity index (χ1v) is 12.9. The van der Waals surface area contributed by atoms with Gasteiger partial charge in [0.2, 0.25) is 0 Å². The van der Waals surface area contributed by atoms with Gasteiger partial charge in [-0.15, -0.1) is 0 Å². The zero-order valence-electron chi connectivity index (χ0n) is 21.4. The maximum Gasteiger partial charge on any atom is 0.0602 e. The smallest absolute Gasteiger partial charge is 0.0602 e. The molecule has 0 atom stereocenters. The number of hydrogen-bond acceptors (Lipinski definition) is 1. The molecule has 4 aromatic carbocycles. The first-order valence-electron chi connectivity index (χ1n) is 12.9. The van der Waals surface area contributed by atoms with Crippen molar-refractivity contribution in [1.82, 2.24) is 9.97 Å². The molecule has 0 bridgehead atoms. The molecule has 37 heavy (non-hydrogen) atoms. The summed E-state index contributed by atoms with van der Waals surface area (Å²) >= 11 is 0. The van der Waals surface area contributed by atoms with Gasteiger partial charge in [-0.25, -0.2) is 0 Å². The number of hydrogen-bond donors (Lipinski definition) is 2. The van der Waals surface area contributed by atoms with Crippen LogP contribution in [0, 0.1) is 0 Å². The Morgan fingerprint density at radius 1 is 0.784 bits per heavy atom. The first-order chi connectivity index (χ1) is 18.0. The van der Waals surface area contributed by atoms with E-state index < -0.39 is 0 Å². The minimum absolute atomic E-state index is 0.229. The highest BCUT2D eigenvalue weighted by Crippen LogP contribution is 2.56. The Morgan fingerprint density at radius 2 is 1.41 bits per heavy atom. The highest BCUT2D eigenvalue weighted by atomic mass is 15.2. The molecule has 2 N–H and O–H groups in total. The van der Waals surface area contributed by atoms with Crippen molar-refractivity contribution >= 4 is 55.0 Å². The maximum absolute atomic E-state index is 4.05. The SMILES string of the molecule is C=C/C=C(\C=C/C)N1c2ccc3[nH]c4ccccc4c3c2C(C)(C)c2ccc3[nH]c4ccccc4c3c21. The van der Waals surface area contributed by atoms with Crippen LogP contribution < -0.4 is 4.90 Å². The van der Waals surface area contributed by atoms with E-state index in [9.17, 15) is 0 Å². The standard InChI is InChI=1S/C34H29N3/c1-5-11-21(12-6-2)37-29-20-19-27-30(22-13-7-9-15-25(22)35-27)32(29)34(3,4)24-17-18-28-31(33(24)37)23-14-8-10-16-26(23)36-28/h5-20,35-36H,1H2,2-4H3/b12-6-,21-11+. The number of fused-ring (bicyclic) bond motifs is 10. The quantitative estimate of drug-likeness (QED) is 0.244. The van der Waals surface area contributed by atoms with Crippen LogP contribution >= 0.6 is 0 Å². The van der Waals surface area contributed by atoms with Crippen LogP contribution in [0.4, 0.5) is 11.4 Å². The van der Waals surface area contributed by atoms with Gasteiger partial charge in [0.15, 0.2) is 0 Å². The van der Waals surface area contributed by atoms with Gasteiger partial charge in [-0.2, -0.15) is 0 Å². The van der Waals surface area contributed by atoms with Gasteiger partial charge < -0.3 is 14.9 Å². The van der Waals surface area contributed by atoms with Crippen molar-refractivity contribution in [2.45, 2.75) is 26.2 Å². The lowest BCUT2D eigenvalue weighted by Gasteiger charge is -2.43. The number of aromatic nitrogens is 2. The number of nitrogens with one attached hydrogen (secondary N) is 2. The number of allylic oxidation sites excluding steroid dienone is 4. The zero-order valence-corrected chi connectivity index (χ0v) is 21.4. The molecule has 2 aromatic heterocycles. The topological polar surface area (TPSA) is 34.8 Å². The van der Waals surface area contributed by atoms with Crippen LogP contribution in [0.15, 0.2) is 109 Å². The molecule has 0 saturated carbocycles. The van der Waals surface area contributed by atoms with Crippen LogP contribution in [-0.2, 0) is 5.41 Å². The second kappa shape index (κ2) is 7.75. The van der Waals surface area contributed by atoms with E-state index in [1.165, 1.54) is 55.1 Å². The number of rotatable bonds is 3. The third-order valence-corrected chi connectivity index (χ3v) is 7.94. The van der Waals surface area contributed by atoms with Crippen molar-refractivity contribution in [1.29, 1.82) is 0 Å². The minimum atomic E-state index is -0.229. The predicted octanol–water partition coefficient (Wildman–Crippen LogP) is 9.38. The Bertz CT molecular complexity index is 1940. The summed E-state index contributed by atoms with van der Waals surface area (Å²) in [4.78, 5) is 9.77. The molecule has 0 saturated heterocycles. The van der Waals surface area contributed by atoms with Crippen LogP contribution in [0.1, 0.15) is 31.9 Å². The maximum atomic E-state index is 4.05. The first kappa shape index (κ1) is 21.8. The molecular formula is C34H29N3. The van der Waals surface area contributed by atoms with Crippen molar-refractivity contribution in [2.75, 3.05) is 4.90 Å².